The van der Waals surface area contributed by atoms with Gasteiger partial charge >= 0.3 is 10.1 Å². The van der Waals surface area contributed by atoms with Crippen molar-refractivity contribution in [3.05, 3.63) is 97.6 Å². The van der Waals surface area contributed by atoms with E-state index >= 15 is 0 Å². The van der Waals surface area contributed by atoms with E-state index in [0.717, 1.165) is 27.8 Å². The molecule has 0 fully saturated rings. The summed E-state index contributed by atoms with van der Waals surface area (Å²) in [6, 6.07) is 17.4. The van der Waals surface area contributed by atoms with Crippen molar-refractivity contribution in [3.8, 4) is 5.75 Å². The fourth-order valence-electron chi connectivity index (χ4n) is 2.42. The maximum Gasteiger partial charge on any atom is 0.339 e. The molecule has 0 heterocycles. The maximum atomic E-state index is 12.4. The number of nitrogens with zero attached hydrogens (tertiary/aromatic N) is 2. The Labute approximate surface area is 191 Å². The van der Waals surface area contributed by atoms with Gasteiger partial charge in [0.15, 0.2) is 0 Å². The Morgan fingerprint density at radius 3 is 2.45 bits per heavy atom. The summed E-state index contributed by atoms with van der Waals surface area (Å²) in [4.78, 5) is 21.9. The van der Waals surface area contributed by atoms with Gasteiger partial charge in [-0.1, -0.05) is 18.2 Å². The van der Waals surface area contributed by atoms with E-state index in [4.69, 9.17) is 4.18 Å². The molecule has 3 aromatic rings. The van der Waals surface area contributed by atoms with Gasteiger partial charge in [-0.05, 0) is 70.6 Å². The molecule has 0 spiro atoms. The zero-order valence-electron chi connectivity index (χ0n) is 15.6. The molecule has 1 amide bonds. The summed E-state index contributed by atoms with van der Waals surface area (Å²) in [7, 11) is -4.18. The smallest absolute Gasteiger partial charge is 0.339 e. The first kappa shape index (κ1) is 22.4. The van der Waals surface area contributed by atoms with Gasteiger partial charge in [0.1, 0.15) is 10.6 Å². The van der Waals surface area contributed by atoms with Gasteiger partial charge < -0.3 is 4.18 Å². The lowest BCUT2D eigenvalue weighted by atomic mass is 10.2. The number of amides is 1. The molecule has 0 saturated heterocycles. The van der Waals surface area contributed by atoms with E-state index in [1.807, 2.05) is 6.07 Å². The molecule has 158 valence electrons. The predicted octanol–water partition coefficient (Wildman–Crippen LogP) is 3.73. The number of nitro groups is 1. The molecule has 3 aromatic carbocycles. The standard InChI is InChI=1S/C20H14IN3O6S/c21-16-5-2-4-15(12-16)20(25)23-22-13-14-3-1-6-18(11-14)30-31(28,29)19-9-7-17(8-10-19)24(26)27/h1-13H,(H,23,25)/b22-13+. The lowest BCUT2D eigenvalue weighted by Crippen LogP contribution is -2.17. The zero-order valence-corrected chi connectivity index (χ0v) is 18.6. The van der Waals surface area contributed by atoms with Gasteiger partial charge in [-0.25, -0.2) is 5.43 Å². The number of non-ortho nitro benzene ring substituents is 1. The average Bonchev–Trinajstić information content (AvgIpc) is 2.73. The number of hydrogen-bond acceptors (Lipinski definition) is 7. The summed E-state index contributed by atoms with van der Waals surface area (Å²) in [6.45, 7) is 0. The van der Waals surface area contributed by atoms with Crippen molar-refractivity contribution >= 4 is 50.5 Å². The van der Waals surface area contributed by atoms with Crippen LogP contribution in [0.3, 0.4) is 0 Å². The van der Waals surface area contributed by atoms with E-state index in [2.05, 4.69) is 33.1 Å². The number of benzene rings is 3. The quantitative estimate of drug-likeness (QED) is 0.157. The summed E-state index contributed by atoms with van der Waals surface area (Å²) in [5.41, 5.74) is 3.10. The van der Waals surface area contributed by atoms with E-state index in [0.29, 0.717) is 11.1 Å². The van der Waals surface area contributed by atoms with Gasteiger partial charge in [0.25, 0.3) is 11.6 Å². The zero-order chi connectivity index (χ0) is 22.4. The van der Waals surface area contributed by atoms with Gasteiger partial charge in [-0.3, -0.25) is 14.9 Å². The van der Waals surface area contributed by atoms with E-state index in [1.165, 1.54) is 18.3 Å². The maximum absolute atomic E-state index is 12.4. The molecule has 0 atom stereocenters. The molecular formula is C20H14IN3O6S. The Morgan fingerprint density at radius 2 is 1.77 bits per heavy atom. The van der Waals surface area contributed by atoms with Crippen molar-refractivity contribution in [1.29, 1.82) is 0 Å². The largest absolute Gasteiger partial charge is 0.379 e. The predicted molar refractivity (Wildman–Crippen MR) is 122 cm³/mol. The second-order valence-corrected chi connectivity index (χ2v) is 8.86. The number of carbonyl (C=O) groups is 1. The molecule has 0 aliphatic carbocycles. The van der Waals surface area contributed by atoms with Gasteiger partial charge in [0.2, 0.25) is 0 Å². The molecule has 0 aromatic heterocycles. The van der Waals surface area contributed by atoms with Crippen LogP contribution in [0.25, 0.3) is 0 Å². The van der Waals surface area contributed by atoms with Gasteiger partial charge in [0, 0.05) is 21.3 Å². The van der Waals surface area contributed by atoms with E-state index in [9.17, 15) is 23.3 Å². The molecule has 1 N–H and O–H groups in total. The molecule has 31 heavy (non-hydrogen) atoms. The number of hydrogen-bond donors (Lipinski definition) is 1. The third-order valence-electron chi connectivity index (χ3n) is 3.87. The highest BCUT2D eigenvalue weighted by molar-refractivity contribution is 14.1. The minimum absolute atomic E-state index is 0.0197. The molecule has 11 heteroatoms. The van der Waals surface area contributed by atoms with E-state index < -0.39 is 15.0 Å². The number of halogens is 1. The van der Waals surface area contributed by atoms with E-state index in [1.54, 1.807) is 30.3 Å². The van der Waals surface area contributed by atoms with Crippen molar-refractivity contribution in [3.63, 3.8) is 0 Å². The molecule has 0 aliphatic heterocycles. The van der Waals surface area contributed by atoms with Crippen LogP contribution < -0.4 is 9.61 Å². The number of rotatable bonds is 7. The Balaban J connectivity index is 1.68. The summed E-state index contributed by atoms with van der Waals surface area (Å²) >= 11 is 2.10. The van der Waals surface area contributed by atoms with Gasteiger partial charge in [-0.15, -0.1) is 0 Å². The average molecular weight is 551 g/mol. The molecule has 0 bridgehead atoms. The van der Waals surface area contributed by atoms with Crippen LogP contribution >= 0.6 is 22.6 Å². The SMILES string of the molecule is O=C(N/N=C/c1cccc(OS(=O)(=O)c2ccc([N+](=O)[O-])cc2)c1)c1cccc(I)c1. The topological polar surface area (TPSA) is 128 Å². The molecular weight excluding hydrogens is 537 g/mol. The number of carbonyl (C=O) groups excluding carboxylic acids is 1. The van der Waals surface area contributed by atoms with Crippen molar-refractivity contribution in [2.24, 2.45) is 5.10 Å². The highest BCUT2D eigenvalue weighted by Gasteiger charge is 2.18. The Hall–Kier alpha value is -3.32. The lowest BCUT2D eigenvalue weighted by Gasteiger charge is -2.07. The molecule has 0 aliphatic rings. The first-order valence-electron chi connectivity index (χ1n) is 8.62. The third-order valence-corrected chi connectivity index (χ3v) is 5.80. The minimum Gasteiger partial charge on any atom is -0.379 e. The fraction of sp³-hybridized carbons (Fsp3) is 0. The van der Waals surface area contributed by atoms with Crippen molar-refractivity contribution in [2.75, 3.05) is 0 Å². The molecule has 0 radical (unpaired) electrons. The fourth-order valence-corrected chi connectivity index (χ4v) is 3.88. The number of nitro benzene ring substituents is 1. The summed E-state index contributed by atoms with van der Waals surface area (Å²) in [5.74, 6) is -0.367. The lowest BCUT2D eigenvalue weighted by molar-refractivity contribution is -0.384. The monoisotopic (exact) mass is 551 g/mol. The van der Waals surface area contributed by atoms with Crippen LogP contribution in [0.2, 0.25) is 0 Å². The Bertz CT molecular complexity index is 1260. The Morgan fingerprint density at radius 1 is 1.06 bits per heavy atom. The van der Waals surface area contributed by atoms with Crippen LogP contribution in [-0.2, 0) is 10.1 Å². The summed E-state index contributed by atoms with van der Waals surface area (Å²) in [5, 5.41) is 14.6. The second kappa shape index (κ2) is 9.66. The first-order valence-corrected chi connectivity index (χ1v) is 11.1. The third kappa shape index (κ3) is 6.08. The van der Waals surface area contributed by atoms with Crippen LogP contribution in [0.4, 0.5) is 5.69 Å². The molecule has 0 saturated carbocycles. The van der Waals surface area contributed by atoms with Crippen LogP contribution in [0.1, 0.15) is 15.9 Å². The van der Waals surface area contributed by atoms with Crippen LogP contribution in [-0.4, -0.2) is 25.5 Å². The highest BCUT2D eigenvalue weighted by atomic mass is 127. The second-order valence-electron chi connectivity index (χ2n) is 6.07. The first-order chi connectivity index (χ1) is 14.7. The molecule has 3 rings (SSSR count). The summed E-state index contributed by atoms with van der Waals surface area (Å²) in [6.07, 6.45) is 1.34. The molecule has 9 nitrogen and oxygen atoms in total. The van der Waals surface area contributed by atoms with Crippen LogP contribution in [0.15, 0.2) is 82.8 Å². The van der Waals surface area contributed by atoms with Crippen molar-refractivity contribution in [2.45, 2.75) is 4.90 Å². The summed E-state index contributed by atoms with van der Waals surface area (Å²) < 4.78 is 30.8. The van der Waals surface area contributed by atoms with Gasteiger partial charge in [-0.2, -0.15) is 13.5 Å². The van der Waals surface area contributed by atoms with E-state index in [-0.39, 0.29) is 22.2 Å². The van der Waals surface area contributed by atoms with Crippen molar-refractivity contribution < 1.29 is 22.3 Å². The van der Waals surface area contributed by atoms with Gasteiger partial charge in [0.05, 0.1) is 11.1 Å². The van der Waals surface area contributed by atoms with Crippen LogP contribution in [0, 0.1) is 13.7 Å². The highest BCUT2D eigenvalue weighted by Crippen LogP contribution is 2.21. The Kier molecular flexibility index (Phi) is 6.97. The normalized spacial score (nSPS) is 11.3. The molecule has 0 unspecified atom stereocenters. The number of nitrogens with one attached hydrogen (secondary N) is 1. The number of hydrazone groups is 1. The minimum atomic E-state index is -4.18. The van der Waals surface area contributed by atoms with Crippen molar-refractivity contribution in [1.82, 2.24) is 5.43 Å². The van der Waals surface area contributed by atoms with Crippen LogP contribution in [0.5, 0.6) is 5.75 Å².